The van der Waals surface area contributed by atoms with Gasteiger partial charge in [-0.25, -0.2) is 4.79 Å². The molecule has 6 nitrogen and oxygen atoms in total. The highest BCUT2D eigenvalue weighted by atomic mass is 32.2. The molecule has 2 aromatic rings. The molecular formula is C19H14N2O4S2. The van der Waals surface area contributed by atoms with Crippen molar-refractivity contribution in [3.8, 4) is 0 Å². The van der Waals surface area contributed by atoms with Gasteiger partial charge in [0.05, 0.1) is 10.5 Å². The molecule has 3 rings (SSSR count). The third-order valence-corrected chi connectivity index (χ3v) is 5.18. The fourth-order valence-electron chi connectivity index (χ4n) is 2.51. The number of nitrogens with zero attached hydrogens (tertiary/aromatic N) is 1. The molecule has 8 heteroatoms. The van der Waals surface area contributed by atoms with Gasteiger partial charge in [-0.2, -0.15) is 5.01 Å². The minimum Gasteiger partial charge on any atom is -0.478 e. The Morgan fingerprint density at radius 3 is 2.41 bits per heavy atom. The summed E-state index contributed by atoms with van der Waals surface area (Å²) in [5, 5.41) is 10.3. The summed E-state index contributed by atoms with van der Waals surface area (Å²) in [6.45, 7) is 1.79. The Kier molecular flexibility index (Phi) is 5.38. The average Bonchev–Trinajstić information content (AvgIpc) is 2.89. The topological polar surface area (TPSA) is 86.7 Å². The number of aryl methyl sites for hydroxylation is 1. The molecule has 0 aromatic heterocycles. The van der Waals surface area contributed by atoms with Crippen molar-refractivity contribution in [2.75, 3.05) is 0 Å². The number of benzene rings is 2. The van der Waals surface area contributed by atoms with E-state index in [1.807, 2.05) is 6.07 Å². The standard InChI is InChI=1S/C19H14N2O4S2/c1-11-6-2-4-8-13(11)16(22)20-21-17(23)15(27-19(21)26)10-12-7-3-5-9-14(12)18(24)25/h2-10H,1H3,(H,20,22)(H,24,25)/b15-10+. The van der Waals surface area contributed by atoms with Gasteiger partial charge in [-0.15, -0.1) is 0 Å². The van der Waals surface area contributed by atoms with Gasteiger partial charge in [0, 0.05) is 5.56 Å². The predicted molar refractivity (Wildman–Crippen MR) is 107 cm³/mol. The molecule has 136 valence electrons. The number of thiocarbonyl (C=S) groups is 1. The molecule has 0 radical (unpaired) electrons. The number of thioether (sulfide) groups is 1. The third kappa shape index (κ3) is 3.91. The third-order valence-electron chi connectivity index (χ3n) is 3.87. The van der Waals surface area contributed by atoms with Gasteiger partial charge in [0.2, 0.25) is 0 Å². The Morgan fingerprint density at radius 2 is 1.74 bits per heavy atom. The fraction of sp³-hybridized carbons (Fsp3) is 0.0526. The van der Waals surface area contributed by atoms with E-state index in [2.05, 4.69) is 5.43 Å². The summed E-state index contributed by atoms with van der Waals surface area (Å²) in [5.41, 5.74) is 4.18. The SMILES string of the molecule is Cc1ccccc1C(=O)NN1C(=O)/C(=C\c2ccccc2C(=O)O)SC1=S. The van der Waals surface area contributed by atoms with Crippen LogP contribution in [0.3, 0.4) is 0 Å². The van der Waals surface area contributed by atoms with Crippen LogP contribution in [0.15, 0.2) is 53.4 Å². The first-order chi connectivity index (χ1) is 12.9. The maximum Gasteiger partial charge on any atom is 0.336 e. The summed E-state index contributed by atoms with van der Waals surface area (Å²) >= 11 is 6.19. The number of hydrazine groups is 1. The van der Waals surface area contributed by atoms with E-state index in [-0.39, 0.29) is 14.8 Å². The quantitative estimate of drug-likeness (QED) is 0.607. The molecule has 0 saturated carbocycles. The van der Waals surface area contributed by atoms with Crippen molar-refractivity contribution in [3.05, 3.63) is 75.7 Å². The predicted octanol–water partition coefficient (Wildman–Crippen LogP) is 3.24. The molecule has 2 N–H and O–H groups in total. The molecule has 1 fully saturated rings. The van der Waals surface area contributed by atoms with E-state index >= 15 is 0 Å². The van der Waals surface area contributed by atoms with E-state index < -0.39 is 17.8 Å². The number of carboxylic acid groups (broad SMARTS) is 1. The Labute approximate surface area is 164 Å². The van der Waals surface area contributed by atoms with Crippen molar-refractivity contribution in [3.63, 3.8) is 0 Å². The van der Waals surface area contributed by atoms with Crippen LogP contribution in [0.4, 0.5) is 0 Å². The van der Waals surface area contributed by atoms with E-state index in [9.17, 15) is 19.5 Å². The number of amides is 2. The summed E-state index contributed by atoms with van der Waals surface area (Å²) in [7, 11) is 0. The maximum atomic E-state index is 12.6. The van der Waals surface area contributed by atoms with Crippen LogP contribution < -0.4 is 5.43 Å². The Bertz CT molecular complexity index is 1000. The smallest absolute Gasteiger partial charge is 0.336 e. The molecule has 1 heterocycles. The van der Waals surface area contributed by atoms with Crippen LogP contribution in [0.2, 0.25) is 0 Å². The molecule has 0 atom stereocenters. The minimum atomic E-state index is -1.09. The first kappa shape index (κ1) is 18.8. The van der Waals surface area contributed by atoms with E-state index in [0.29, 0.717) is 11.1 Å². The first-order valence-corrected chi connectivity index (χ1v) is 9.08. The van der Waals surface area contributed by atoms with Gasteiger partial charge in [0.1, 0.15) is 0 Å². The van der Waals surface area contributed by atoms with Crippen molar-refractivity contribution in [2.45, 2.75) is 6.92 Å². The first-order valence-electron chi connectivity index (χ1n) is 7.85. The second-order valence-corrected chi connectivity index (χ2v) is 7.34. The molecule has 0 bridgehead atoms. The molecule has 0 spiro atoms. The van der Waals surface area contributed by atoms with Crippen LogP contribution in [0.1, 0.15) is 31.8 Å². The van der Waals surface area contributed by atoms with Gasteiger partial charge >= 0.3 is 5.97 Å². The van der Waals surface area contributed by atoms with Crippen molar-refractivity contribution in [1.82, 2.24) is 10.4 Å². The summed E-state index contributed by atoms with van der Waals surface area (Å²) in [6, 6.07) is 13.3. The van der Waals surface area contributed by atoms with Gasteiger partial charge in [0.25, 0.3) is 11.8 Å². The highest BCUT2D eigenvalue weighted by Gasteiger charge is 2.34. The van der Waals surface area contributed by atoms with E-state index in [1.165, 1.54) is 12.1 Å². The number of nitrogens with one attached hydrogen (secondary N) is 1. The molecule has 0 unspecified atom stereocenters. The van der Waals surface area contributed by atoms with Crippen LogP contribution in [-0.4, -0.2) is 32.2 Å². The Morgan fingerprint density at radius 1 is 1.11 bits per heavy atom. The van der Waals surface area contributed by atoms with Gasteiger partial charge in [-0.05, 0) is 48.5 Å². The van der Waals surface area contributed by atoms with Crippen LogP contribution in [0.25, 0.3) is 6.08 Å². The number of hydrogen-bond acceptors (Lipinski definition) is 5. The largest absolute Gasteiger partial charge is 0.478 e. The monoisotopic (exact) mass is 398 g/mol. The van der Waals surface area contributed by atoms with E-state index in [1.54, 1.807) is 43.3 Å². The average molecular weight is 398 g/mol. The van der Waals surface area contributed by atoms with Crippen LogP contribution >= 0.6 is 24.0 Å². The molecule has 27 heavy (non-hydrogen) atoms. The lowest BCUT2D eigenvalue weighted by molar-refractivity contribution is -0.123. The lowest BCUT2D eigenvalue weighted by Gasteiger charge is -2.16. The summed E-state index contributed by atoms with van der Waals surface area (Å²) in [5.74, 6) is -2.05. The van der Waals surface area contributed by atoms with Crippen molar-refractivity contribution >= 4 is 52.2 Å². The van der Waals surface area contributed by atoms with E-state index in [0.717, 1.165) is 22.3 Å². The van der Waals surface area contributed by atoms with Gasteiger partial charge in [0.15, 0.2) is 4.32 Å². The summed E-state index contributed by atoms with van der Waals surface area (Å²) in [6.07, 6.45) is 1.46. The van der Waals surface area contributed by atoms with Gasteiger partial charge in [-0.1, -0.05) is 48.2 Å². The van der Waals surface area contributed by atoms with Gasteiger partial charge < -0.3 is 5.11 Å². The molecule has 2 aromatic carbocycles. The van der Waals surface area contributed by atoms with E-state index in [4.69, 9.17) is 12.2 Å². The highest BCUT2D eigenvalue weighted by molar-refractivity contribution is 8.26. The van der Waals surface area contributed by atoms with Crippen LogP contribution in [0, 0.1) is 6.92 Å². The number of carbonyl (C=O) groups excluding carboxylic acids is 2. The zero-order chi connectivity index (χ0) is 19.6. The number of carbonyl (C=O) groups is 3. The zero-order valence-electron chi connectivity index (χ0n) is 14.1. The lowest BCUT2D eigenvalue weighted by Crippen LogP contribution is -2.45. The summed E-state index contributed by atoms with van der Waals surface area (Å²) in [4.78, 5) is 36.7. The Hall–Kier alpha value is -2.97. The van der Waals surface area contributed by atoms with Crippen molar-refractivity contribution in [2.24, 2.45) is 0 Å². The normalized spacial score (nSPS) is 15.3. The second kappa shape index (κ2) is 7.73. The highest BCUT2D eigenvalue weighted by Crippen LogP contribution is 2.32. The minimum absolute atomic E-state index is 0.0757. The molecule has 0 aliphatic carbocycles. The molecule has 2 amide bonds. The molecule has 1 aliphatic rings. The van der Waals surface area contributed by atoms with Crippen molar-refractivity contribution in [1.29, 1.82) is 0 Å². The number of carboxylic acids is 1. The fourth-order valence-corrected chi connectivity index (χ4v) is 3.68. The van der Waals surface area contributed by atoms with Crippen LogP contribution in [-0.2, 0) is 4.79 Å². The van der Waals surface area contributed by atoms with Gasteiger partial charge in [-0.3, -0.25) is 15.0 Å². The lowest BCUT2D eigenvalue weighted by atomic mass is 10.1. The molecular weight excluding hydrogens is 384 g/mol. The zero-order valence-corrected chi connectivity index (χ0v) is 15.8. The Balaban J connectivity index is 1.85. The van der Waals surface area contributed by atoms with Crippen molar-refractivity contribution < 1.29 is 19.5 Å². The molecule has 1 aliphatic heterocycles. The second-order valence-electron chi connectivity index (χ2n) is 5.67. The maximum absolute atomic E-state index is 12.6. The number of rotatable bonds is 4. The summed E-state index contributed by atoms with van der Waals surface area (Å²) < 4.78 is 0.168. The van der Waals surface area contributed by atoms with Crippen LogP contribution in [0.5, 0.6) is 0 Å². The number of aromatic carboxylic acids is 1. The molecule has 1 saturated heterocycles. The number of hydrogen-bond donors (Lipinski definition) is 2.